The average Bonchev–Trinajstić information content (AvgIpc) is 2.73. The van der Waals surface area contributed by atoms with E-state index in [9.17, 15) is 29.7 Å². The van der Waals surface area contributed by atoms with Crippen LogP contribution in [0.1, 0.15) is 36.6 Å². The standard InChI is InChI=1S/C23H18N2O7/c1-12(26)17-8-6-15(10-19(17)27)24-21(29)13-2-4-14(5-3-13)22(30)25-16-7-9-18(23(31)32)20(28)11-16/h2-11,26-28H,1H2,(H,24,29)(H,25,30)(H,31,32). The second-order valence-electron chi connectivity index (χ2n) is 6.70. The average molecular weight is 434 g/mol. The third kappa shape index (κ3) is 4.85. The molecule has 2 amide bonds. The first kappa shape index (κ1) is 21.9. The first-order chi connectivity index (χ1) is 15.2. The molecule has 0 aliphatic heterocycles. The summed E-state index contributed by atoms with van der Waals surface area (Å²) in [5.74, 6) is -3.33. The molecular formula is C23H18N2O7. The lowest BCUT2D eigenvalue weighted by Crippen LogP contribution is -2.14. The van der Waals surface area contributed by atoms with Crippen molar-refractivity contribution in [2.45, 2.75) is 0 Å². The molecule has 0 atom stereocenters. The van der Waals surface area contributed by atoms with Crippen LogP contribution in [0, 0.1) is 0 Å². The van der Waals surface area contributed by atoms with Gasteiger partial charge in [-0.25, -0.2) is 4.79 Å². The quantitative estimate of drug-likeness (QED) is 0.322. The Morgan fingerprint density at radius 2 is 1.06 bits per heavy atom. The second kappa shape index (κ2) is 8.92. The molecule has 9 heteroatoms. The van der Waals surface area contributed by atoms with Gasteiger partial charge in [0.25, 0.3) is 11.8 Å². The first-order valence-electron chi connectivity index (χ1n) is 9.16. The highest BCUT2D eigenvalue weighted by Crippen LogP contribution is 2.26. The van der Waals surface area contributed by atoms with E-state index >= 15 is 0 Å². The van der Waals surface area contributed by atoms with Crippen molar-refractivity contribution in [3.63, 3.8) is 0 Å². The molecule has 3 aromatic carbocycles. The van der Waals surface area contributed by atoms with E-state index in [0.717, 1.165) is 6.07 Å². The minimum absolute atomic E-state index is 0.143. The van der Waals surface area contributed by atoms with Crippen LogP contribution in [0.2, 0.25) is 0 Å². The van der Waals surface area contributed by atoms with Crippen molar-refractivity contribution in [2.75, 3.05) is 10.6 Å². The Morgan fingerprint density at radius 3 is 1.41 bits per heavy atom. The highest BCUT2D eigenvalue weighted by Gasteiger charge is 2.13. The highest BCUT2D eigenvalue weighted by molar-refractivity contribution is 6.07. The zero-order valence-electron chi connectivity index (χ0n) is 16.5. The van der Waals surface area contributed by atoms with Gasteiger partial charge in [-0.3, -0.25) is 9.59 Å². The van der Waals surface area contributed by atoms with Gasteiger partial charge in [0.1, 0.15) is 22.8 Å². The van der Waals surface area contributed by atoms with Crippen LogP contribution in [0.25, 0.3) is 5.76 Å². The van der Waals surface area contributed by atoms with Crippen molar-refractivity contribution in [3.05, 3.63) is 89.5 Å². The van der Waals surface area contributed by atoms with Gasteiger partial charge in [0.05, 0.1) is 5.56 Å². The Morgan fingerprint density at radius 1 is 0.656 bits per heavy atom. The van der Waals surface area contributed by atoms with Crippen molar-refractivity contribution in [3.8, 4) is 11.5 Å². The molecule has 3 aromatic rings. The predicted octanol–water partition coefficient (Wildman–Crippen LogP) is 3.83. The maximum Gasteiger partial charge on any atom is 0.339 e. The number of aliphatic hydroxyl groups is 1. The van der Waals surface area contributed by atoms with Gasteiger partial charge in [0, 0.05) is 34.6 Å². The van der Waals surface area contributed by atoms with Crippen LogP contribution in [0.15, 0.2) is 67.2 Å². The van der Waals surface area contributed by atoms with Crippen LogP contribution in [0.4, 0.5) is 11.4 Å². The van der Waals surface area contributed by atoms with Crippen LogP contribution in [-0.2, 0) is 0 Å². The van der Waals surface area contributed by atoms with E-state index in [1.54, 1.807) is 0 Å². The Labute approximate surface area is 181 Å². The second-order valence-corrected chi connectivity index (χ2v) is 6.70. The van der Waals surface area contributed by atoms with Gasteiger partial charge in [0.2, 0.25) is 0 Å². The number of nitrogens with one attached hydrogen (secondary N) is 2. The molecule has 32 heavy (non-hydrogen) atoms. The number of hydrogen-bond acceptors (Lipinski definition) is 6. The van der Waals surface area contributed by atoms with Gasteiger partial charge < -0.3 is 31.1 Å². The van der Waals surface area contributed by atoms with Crippen molar-refractivity contribution >= 4 is 34.9 Å². The number of aromatic hydroxyl groups is 2. The van der Waals surface area contributed by atoms with Gasteiger partial charge in [-0.2, -0.15) is 0 Å². The van der Waals surface area contributed by atoms with E-state index in [1.165, 1.54) is 54.6 Å². The molecule has 0 heterocycles. The topological polar surface area (TPSA) is 156 Å². The van der Waals surface area contributed by atoms with E-state index < -0.39 is 23.5 Å². The lowest BCUT2D eigenvalue weighted by molar-refractivity contribution is 0.0693. The van der Waals surface area contributed by atoms with Gasteiger partial charge >= 0.3 is 5.97 Å². The highest BCUT2D eigenvalue weighted by atomic mass is 16.4. The summed E-state index contributed by atoms with van der Waals surface area (Å²) < 4.78 is 0. The number of carbonyl (C=O) groups excluding carboxylic acids is 2. The number of anilines is 2. The largest absolute Gasteiger partial charge is 0.508 e. The van der Waals surface area contributed by atoms with E-state index in [4.69, 9.17) is 5.11 Å². The minimum atomic E-state index is -1.29. The molecule has 0 fully saturated rings. The number of phenolic OH excluding ortho intramolecular Hbond substituents is 1. The number of rotatable bonds is 6. The fraction of sp³-hybridized carbons (Fsp3) is 0. The molecule has 0 bridgehead atoms. The number of carboxylic acid groups (broad SMARTS) is 1. The van der Waals surface area contributed by atoms with Gasteiger partial charge in [0.15, 0.2) is 0 Å². The van der Waals surface area contributed by atoms with Gasteiger partial charge in [-0.1, -0.05) is 6.58 Å². The molecule has 0 saturated heterocycles. The Balaban J connectivity index is 1.67. The third-order valence-corrected chi connectivity index (χ3v) is 4.46. The van der Waals surface area contributed by atoms with Gasteiger partial charge in [-0.05, 0) is 48.5 Å². The molecule has 0 spiro atoms. The Kier molecular flexibility index (Phi) is 6.11. The fourth-order valence-electron chi connectivity index (χ4n) is 2.82. The first-order valence-corrected chi connectivity index (χ1v) is 9.16. The number of hydrogen-bond donors (Lipinski definition) is 6. The summed E-state index contributed by atoms with van der Waals surface area (Å²) in [4.78, 5) is 35.7. The maximum atomic E-state index is 12.4. The van der Waals surface area contributed by atoms with Crippen LogP contribution in [0.5, 0.6) is 11.5 Å². The molecule has 3 rings (SSSR count). The normalized spacial score (nSPS) is 10.2. The fourth-order valence-corrected chi connectivity index (χ4v) is 2.82. The maximum absolute atomic E-state index is 12.4. The number of aliphatic hydroxyl groups excluding tert-OH is 1. The molecule has 0 radical (unpaired) electrons. The zero-order chi connectivity index (χ0) is 23.4. The summed E-state index contributed by atoms with van der Waals surface area (Å²) in [5.41, 5.74) is 0.830. The monoisotopic (exact) mass is 434 g/mol. The third-order valence-electron chi connectivity index (χ3n) is 4.46. The zero-order valence-corrected chi connectivity index (χ0v) is 16.5. The predicted molar refractivity (Wildman–Crippen MR) is 117 cm³/mol. The lowest BCUT2D eigenvalue weighted by atomic mass is 10.1. The summed E-state index contributed by atoms with van der Waals surface area (Å²) in [6.07, 6.45) is 0. The lowest BCUT2D eigenvalue weighted by Gasteiger charge is -2.09. The van der Waals surface area contributed by atoms with E-state index in [0.29, 0.717) is 5.69 Å². The summed E-state index contributed by atoms with van der Waals surface area (Å²) in [5, 5.41) is 43.0. The minimum Gasteiger partial charge on any atom is -0.508 e. The van der Waals surface area contributed by atoms with Crippen LogP contribution < -0.4 is 10.6 Å². The van der Waals surface area contributed by atoms with E-state index in [-0.39, 0.29) is 39.4 Å². The number of benzene rings is 3. The van der Waals surface area contributed by atoms with Crippen molar-refractivity contribution < 1.29 is 34.8 Å². The smallest absolute Gasteiger partial charge is 0.339 e. The molecule has 162 valence electrons. The van der Waals surface area contributed by atoms with Crippen LogP contribution in [-0.4, -0.2) is 38.2 Å². The number of aromatic carboxylic acids is 1. The van der Waals surface area contributed by atoms with Crippen molar-refractivity contribution in [1.29, 1.82) is 0 Å². The molecule has 0 aliphatic carbocycles. The molecule has 9 nitrogen and oxygen atoms in total. The molecule has 0 unspecified atom stereocenters. The van der Waals surface area contributed by atoms with E-state index in [2.05, 4.69) is 17.2 Å². The van der Waals surface area contributed by atoms with Gasteiger partial charge in [-0.15, -0.1) is 0 Å². The van der Waals surface area contributed by atoms with Crippen LogP contribution >= 0.6 is 0 Å². The van der Waals surface area contributed by atoms with Crippen molar-refractivity contribution in [1.82, 2.24) is 0 Å². The number of amides is 2. The SMILES string of the molecule is C=C(O)c1ccc(NC(=O)c2ccc(C(=O)Nc3ccc(C(=O)O)c(O)c3)cc2)cc1O. The number of carbonyl (C=O) groups is 3. The number of phenols is 2. The molecule has 0 saturated carbocycles. The molecular weight excluding hydrogens is 416 g/mol. The number of carboxylic acids is 1. The van der Waals surface area contributed by atoms with E-state index in [1.807, 2.05) is 0 Å². The van der Waals surface area contributed by atoms with Crippen molar-refractivity contribution in [2.24, 2.45) is 0 Å². The Hall–Kier alpha value is -4.79. The summed E-state index contributed by atoms with van der Waals surface area (Å²) >= 11 is 0. The Bertz CT molecular complexity index is 1140. The summed E-state index contributed by atoms with van der Waals surface area (Å²) in [6.45, 7) is 3.33. The summed E-state index contributed by atoms with van der Waals surface area (Å²) in [6, 6.07) is 13.5. The summed E-state index contributed by atoms with van der Waals surface area (Å²) in [7, 11) is 0. The molecule has 0 aromatic heterocycles. The molecule has 0 aliphatic rings. The van der Waals surface area contributed by atoms with Crippen LogP contribution in [0.3, 0.4) is 0 Å². The molecule has 6 N–H and O–H groups in total.